The fraction of sp³-hybridized carbons (Fsp3) is 1.00. The third kappa shape index (κ3) is 6.95. The minimum absolute atomic E-state index is 0.181. The molecule has 4 heteroatoms. The predicted molar refractivity (Wildman–Crippen MR) is 30.6 cm³/mol. The minimum atomic E-state index is -2.96. The molecule has 0 nitrogen and oxygen atoms in total. The maximum atomic E-state index is 11.7. The van der Waals surface area contributed by atoms with Crippen molar-refractivity contribution in [2.24, 2.45) is 0 Å². The summed E-state index contributed by atoms with van der Waals surface area (Å²) >= 11 is 5.88. The van der Waals surface area contributed by atoms with Gasteiger partial charge in [0.05, 0.1) is 0 Å². The normalized spacial score (nSPS) is 12.0. The first-order valence-corrected chi connectivity index (χ1v) is 4.67. The Morgan fingerprint density at radius 3 is 2.12 bits per heavy atom. The third-order valence-corrected chi connectivity index (χ3v) is 1.84. The summed E-state index contributed by atoms with van der Waals surface area (Å²) in [5.74, 6) is 0. The summed E-state index contributed by atoms with van der Waals surface area (Å²) in [7, 11) is 0. The molecule has 0 aromatic rings. The molecule has 3 radical (unpaired) electrons. The molecule has 0 saturated carbocycles. The van der Waals surface area contributed by atoms with E-state index in [1.165, 1.54) is 22.5 Å². The van der Waals surface area contributed by atoms with Gasteiger partial charge in [-0.15, -0.1) is 0 Å². The van der Waals surface area contributed by atoms with Crippen LogP contribution in [0, 0.1) is 0 Å². The van der Waals surface area contributed by atoms with Crippen molar-refractivity contribution in [3.63, 3.8) is 0 Å². The van der Waals surface area contributed by atoms with Gasteiger partial charge in [-0.05, 0) is 0 Å². The molecule has 0 spiro atoms. The Balaban J connectivity index is 3.11. The SMILES string of the molecule is FC(F)(Cl)CC[CH2][Sn]. The monoisotopic (exact) mass is 247 g/mol. The average molecular weight is 246 g/mol. The first-order valence-electron chi connectivity index (χ1n) is 2.27. The maximum absolute atomic E-state index is 11.7. The summed E-state index contributed by atoms with van der Waals surface area (Å²) in [6.45, 7) is 0. The predicted octanol–water partition coefficient (Wildman–Crippen LogP) is 2.18. The van der Waals surface area contributed by atoms with Gasteiger partial charge in [0.2, 0.25) is 0 Å². The van der Waals surface area contributed by atoms with Crippen LogP contribution in [0.5, 0.6) is 0 Å². The van der Waals surface area contributed by atoms with E-state index in [2.05, 4.69) is 11.6 Å². The number of rotatable bonds is 3. The topological polar surface area (TPSA) is 0 Å². The second-order valence-electron chi connectivity index (χ2n) is 1.47. The van der Waals surface area contributed by atoms with Gasteiger partial charge in [0.15, 0.2) is 0 Å². The second-order valence-corrected chi connectivity index (χ2v) is 3.45. The van der Waals surface area contributed by atoms with Crippen molar-refractivity contribution in [1.82, 2.24) is 0 Å². The quantitative estimate of drug-likeness (QED) is 0.529. The van der Waals surface area contributed by atoms with Gasteiger partial charge >= 0.3 is 65.6 Å². The zero-order chi connectivity index (χ0) is 6.62. The second kappa shape index (κ2) is 3.88. The van der Waals surface area contributed by atoms with Crippen LogP contribution in [0.1, 0.15) is 12.8 Å². The molecule has 0 unspecified atom stereocenters. The van der Waals surface area contributed by atoms with Crippen molar-refractivity contribution in [1.29, 1.82) is 0 Å². The van der Waals surface area contributed by atoms with Crippen LogP contribution in [0.3, 0.4) is 0 Å². The molecular weight excluding hydrogens is 240 g/mol. The van der Waals surface area contributed by atoms with E-state index in [4.69, 9.17) is 0 Å². The van der Waals surface area contributed by atoms with Crippen molar-refractivity contribution >= 4 is 34.1 Å². The van der Waals surface area contributed by atoms with Crippen LogP contribution >= 0.6 is 11.6 Å². The molecule has 0 aliphatic carbocycles. The standard InChI is InChI=1S/C4H6ClF2.Sn/c1-2-3-4(5,6)7;/h1-3H2;. The van der Waals surface area contributed by atoms with E-state index in [1.54, 1.807) is 0 Å². The van der Waals surface area contributed by atoms with Crippen LogP contribution in [0.15, 0.2) is 0 Å². The zero-order valence-corrected chi connectivity index (χ0v) is 7.87. The summed E-state index contributed by atoms with van der Waals surface area (Å²) in [4.78, 5) is 0. The Morgan fingerprint density at radius 2 is 2.00 bits per heavy atom. The van der Waals surface area contributed by atoms with Crippen molar-refractivity contribution in [2.75, 3.05) is 0 Å². The fourth-order valence-electron chi connectivity index (χ4n) is 0.289. The van der Waals surface area contributed by atoms with E-state index in [0.717, 1.165) is 4.44 Å². The Morgan fingerprint density at radius 1 is 1.50 bits per heavy atom. The molecule has 0 fully saturated rings. The summed E-state index contributed by atoms with van der Waals surface area (Å²) in [6.07, 6.45) is 0.356. The molecule has 0 rings (SSSR count). The van der Waals surface area contributed by atoms with E-state index in [-0.39, 0.29) is 6.42 Å². The van der Waals surface area contributed by atoms with E-state index in [1.807, 2.05) is 0 Å². The number of hydrogen-bond acceptors (Lipinski definition) is 0. The van der Waals surface area contributed by atoms with E-state index >= 15 is 0 Å². The first-order chi connectivity index (χ1) is 3.56. The van der Waals surface area contributed by atoms with Crippen molar-refractivity contribution in [2.45, 2.75) is 22.7 Å². The molecule has 0 heterocycles. The zero-order valence-electron chi connectivity index (χ0n) is 4.26. The summed E-state index contributed by atoms with van der Waals surface area (Å²) < 4.78 is 24.2. The molecule has 0 N–H and O–H groups in total. The Hall–Kier alpha value is 0.949. The molecule has 8 heavy (non-hydrogen) atoms. The number of halogens is 3. The van der Waals surface area contributed by atoms with Crippen molar-refractivity contribution in [3.8, 4) is 0 Å². The Kier molecular flexibility index (Phi) is 4.34. The van der Waals surface area contributed by atoms with Crippen molar-refractivity contribution < 1.29 is 8.78 Å². The molecule has 0 saturated heterocycles. The molecule has 0 aliphatic rings. The molecule has 0 amide bonds. The van der Waals surface area contributed by atoms with E-state index < -0.39 is 5.38 Å². The van der Waals surface area contributed by atoms with Gasteiger partial charge in [-0.3, -0.25) is 0 Å². The summed E-state index contributed by atoms with van der Waals surface area (Å²) in [6, 6.07) is 0. The van der Waals surface area contributed by atoms with Gasteiger partial charge in [0.25, 0.3) is 0 Å². The van der Waals surface area contributed by atoms with Gasteiger partial charge in [0.1, 0.15) is 0 Å². The van der Waals surface area contributed by atoms with Crippen LogP contribution in [0.2, 0.25) is 4.44 Å². The summed E-state index contributed by atoms with van der Waals surface area (Å²) in [5.41, 5.74) is 0. The fourth-order valence-corrected chi connectivity index (χ4v) is 0.927. The van der Waals surface area contributed by atoms with Crippen LogP contribution in [-0.2, 0) is 0 Å². The van der Waals surface area contributed by atoms with Gasteiger partial charge in [-0.2, -0.15) is 0 Å². The molecule has 0 atom stereocenters. The van der Waals surface area contributed by atoms with E-state index in [9.17, 15) is 8.78 Å². The van der Waals surface area contributed by atoms with Crippen molar-refractivity contribution in [3.05, 3.63) is 0 Å². The molecule has 0 aliphatic heterocycles. The van der Waals surface area contributed by atoms with Gasteiger partial charge in [-0.1, -0.05) is 0 Å². The van der Waals surface area contributed by atoms with Crippen LogP contribution in [0.25, 0.3) is 0 Å². The molecule has 0 aromatic carbocycles. The molecule has 47 valence electrons. The summed E-state index contributed by atoms with van der Waals surface area (Å²) in [5, 5.41) is -2.96. The van der Waals surface area contributed by atoms with Crippen LogP contribution < -0.4 is 0 Å². The Bertz CT molecular complexity index is 61.5. The average Bonchev–Trinajstić information content (AvgIpc) is 1.59. The van der Waals surface area contributed by atoms with Gasteiger partial charge in [-0.25, -0.2) is 0 Å². The number of alkyl halides is 3. The van der Waals surface area contributed by atoms with Gasteiger partial charge < -0.3 is 0 Å². The first kappa shape index (κ1) is 8.95. The van der Waals surface area contributed by atoms with Crippen LogP contribution in [0.4, 0.5) is 8.78 Å². The van der Waals surface area contributed by atoms with Crippen LogP contribution in [-0.4, -0.2) is 27.9 Å². The molecular formula is C4H6ClF2Sn. The molecule has 0 aromatic heterocycles. The number of hydrogen-bond donors (Lipinski definition) is 0. The third-order valence-electron chi connectivity index (χ3n) is 0.637. The Labute approximate surface area is 65.7 Å². The molecule has 0 bridgehead atoms. The van der Waals surface area contributed by atoms with Gasteiger partial charge in [0, 0.05) is 0 Å². The van der Waals surface area contributed by atoms with E-state index in [0.29, 0.717) is 6.42 Å².